The maximum atomic E-state index is 11.9. The lowest BCUT2D eigenvalue weighted by atomic mass is 10.0. The van der Waals surface area contributed by atoms with Gasteiger partial charge >= 0.3 is 6.09 Å². The molecule has 1 atom stereocenters. The van der Waals surface area contributed by atoms with Gasteiger partial charge in [0.05, 0.1) is 18.9 Å². The van der Waals surface area contributed by atoms with E-state index in [4.69, 9.17) is 8.92 Å². The SMILES string of the molecule is CC(C)(C)OC(=O)N[C@H](CCOS(C)(=O)=O)c1ccccc1. The van der Waals surface area contributed by atoms with E-state index in [1.165, 1.54) is 0 Å². The third-order valence-corrected chi connectivity index (χ3v) is 3.19. The van der Waals surface area contributed by atoms with Crippen molar-refractivity contribution in [2.45, 2.75) is 38.8 Å². The standard InChI is InChI=1S/C15H23NO5S/c1-15(2,3)21-14(17)16-13(10-11-20-22(4,18)19)12-8-6-5-7-9-12/h5-9,13H,10-11H2,1-4H3,(H,16,17)/t13-/m1/s1. The van der Waals surface area contributed by atoms with Gasteiger partial charge in [0.15, 0.2) is 0 Å². The van der Waals surface area contributed by atoms with Crippen molar-refractivity contribution in [3.8, 4) is 0 Å². The Morgan fingerprint density at radius 2 is 1.82 bits per heavy atom. The Morgan fingerprint density at radius 1 is 1.23 bits per heavy atom. The molecule has 0 fully saturated rings. The highest BCUT2D eigenvalue weighted by Gasteiger charge is 2.20. The zero-order valence-corrected chi connectivity index (χ0v) is 14.1. The second kappa shape index (κ2) is 7.60. The Morgan fingerprint density at radius 3 is 2.32 bits per heavy atom. The van der Waals surface area contributed by atoms with E-state index in [0.29, 0.717) is 6.42 Å². The predicted molar refractivity (Wildman–Crippen MR) is 84.0 cm³/mol. The highest BCUT2D eigenvalue weighted by atomic mass is 32.2. The van der Waals surface area contributed by atoms with Gasteiger partial charge in [0, 0.05) is 0 Å². The van der Waals surface area contributed by atoms with Crippen molar-refractivity contribution in [2.75, 3.05) is 12.9 Å². The molecule has 0 bridgehead atoms. The number of hydrogen-bond acceptors (Lipinski definition) is 5. The molecular formula is C15H23NO5S. The van der Waals surface area contributed by atoms with Crippen LogP contribution in [0.3, 0.4) is 0 Å². The van der Waals surface area contributed by atoms with Crippen LogP contribution in [0.1, 0.15) is 38.8 Å². The lowest BCUT2D eigenvalue weighted by Crippen LogP contribution is -2.35. The molecule has 0 heterocycles. The van der Waals surface area contributed by atoms with Crippen LogP contribution in [-0.4, -0.2) is 33.0 Å². The largest absolute Gasteiger partial charge is 0.444 e. The third kappa shape index (κ3) is 7.99. The second-order valence-electron chi connectivity index (χ2n) is 5.92. The zero-order chi connectivity index (χ0) is 16.8. The van der Waals surface area contributed by atoms with Crippen LogP contribution in [0.5, 0.6) is 0 Å². The number of amides is 1. The number of alkyl carbamates (subject to hydrolysis) is 1. The van der Waals surface area contributed by atoms with Gasteiger partial charge in [-0.25, -0.2) is 4.79 Å². The highest BCUT2D eigenvalue weighted by molar-refractivity contribution is 7.85. The number of nitrogens with one attached hydrogen (secondary N) is 1. The number of carbonyl (C=O) groups excluding carboxylic acids is 1. The van der Waals surface area contributed by atoms with E-state index in [9.17, 15) is 13.2 Å². The first-order valence-corrected chi connectivity index (χ1v) is 8.77. The topological polar surface area (TPSA) is 81.7 Å². The molecule has 0 spiro atoms. The van der Waals surface area contributed by atoms with Crippen LogP contribution in [0.2, 0.25) is 0 Å². The average Bonchev–Trinajstić information content (AvgIpc) is 2.35. The van der Waals surface area contributed by atoms with Crippen LogP contribution in [0.15, 0.2) is 30.3 Å². The van der Waals surface area contributed by atoms with E-state index in [0.717, 1.165) is 11.8 Å². The number of benzene rings is 1. The smallest absolute Gasteiger partial charge is 0.408 e. The first kappa shape index (κ1) is 18.4. The van der Waals surface area contributed by atoms with Crippen molar-refractivity contribution in [3.63, 3.8) is 0 Å². The highest BCUT2D eigenvalue weighted by Crippen LogP contribution is 2.18. The minimum absolute atomic E-state index is 0.0197. The molecular weight excluding hydrogens is 306 g/mol. The number of carbonyl (C=O) groups is 1. The fourth-order valence-corrected chi connectivity index (χ4v) is 2.17. The van der Waals surface area contributed by atoms with E-state index < -0.39 is 27.9 Å². The molecule has 1 aromatic rings. The molecule has 0 radical (unpaired) electrons. The Kier molecular flexibility index (Phi) is 6.37. The molecule has 124 valence electrons. The summed E-state index contributed by atoms with van der Waals surface area (Å²) >= 11 is 0. The summed E-state index contributed by atoms with van der Waals surface area (Å²) < 4.78 is 32.0. The molecule has 0 aliphatic rings. The molecule has 0 aliphatic heterocycles. The minimum atomic E-state index is -3.50. The molecule has 1 N–H and O–H groups in total. The number of hydrogen-bond donors (Lipinski definition) is 1. The fraction of sp³-hybridized carbons (Fsp3) is 0.533. The summed E-state index contributed by atoms with van der Waals surface area (Å²) in [5, 5.41) is 2.74. The summed E-state index contributed by atoms with van der Waals surface area (Å²) in [7, 11) is -3.50. The Hall–Kier alpha value is -1.60. The first-order valence-electron chi connectivity index (χ1n) is 6.96. The summed E-state index contributed by atoms with van der Waals surface area (Å²) in [6.07, 6.45) is 0.753. The summed E-state index contributed by atoms with van der Waals surface area (Å²) in [4.78, 5) is 11.9. The van der Waals surface area contributed by atoms with Crippen LogP contribution in [0.25, 0.3) is 0 Å². The molecule has 7 heteroatoms. The second-order valence-corrected chi connectivity index (χ2v) is 7.57. The van der Waals surface area contributed by atoms with Crippen molar-refractivity contribution < 1.29 is 22.1 Å². The summed E-state index contributed by atoms with van der Waals surface area (Å²) in [6, 6.07) is 8.86. The van der Waals surface area contributed by atoms with E-state index in [2.05, 4.69) is 5.32 Å². The Balaban J connectivity index is 2.73. The predicted octanol–water partition coefficient (Wildman–Crippen LogP) is 2.62. The van der Waals surface area contributed by atoms with Gasteiger partial charge in [0.1, 0.15) is 5.60 Å². The summed E-state index contributed by atoms with van der Waals surface area (Å²) in [5.74, 6) is 0. The van der Waals surface area contributed by atoms with Crippen molar-refractivity contribution in [1.29, 1.82) is 0 Å². The zero-order valence-electron chi connectivity index (χ0n) is 13.3. The number of ether oxygens (including phenoxy) is 1. The monoisotopic (exact) mass is 329 g/mol. The van der Waals surface area contributed by atoms with Gasteiger partial charge in [0.2, 0.25) is 0 Å². The normalized spacial score (nSPS) is 13.5. The Labute approximate surface area is 131 Å². The molecule has 1 rings (SSSR count). The van der Waals surface area contributed by atoms with Crippen molar-refractivity contribution in [3.05, 3.63) is 35.9 Å². The van der Waals surface area contributed by atoms with Crippen molar-refractivity contribution in [1.82, 2.24) is 5.32 Å². The first-order chi connectivity index (χ1) is 10.1. The minimum Gasteiger partial charge on any atom is -0.444 e. The van der Waals surface area contributed by atoms with Gasteiger partial charge in [-0.2, -0.15) is 8.42 Å². The maximum Gasteiger partial charge on any atom is 0.408 e. The molecule has 0 aliphatic carbocycles. The third-order valence-electron chi connectivity index (χ3n) is 2.60. The lowest BCUT2D eigenvalue weighted by molar-refractivity contribution is 0.0498. The molecule has 22 heavy (non-hydrogen) atoms. The summed E-state index contributed by atoms with van der Waals surface area (Å²) in [5.41, 5.74) is 0.250. The van der Waals surface area contributed by atoms with Crippen LogP contribution < -0.4 is 5.32 Å². The molecule has 0 unspecified atom stereocenters. The maximum absolute atomic E-state index is 11.9. The van der Waals surface area contributed by atoms with Crippen molar-refractivity contribution >= 4 is 16.2 Å². The van der Waals surface area contributed by atoms with Crippen molar-refractivity contribution in [2.24, 2.45) is 0 Å². The molecule has 1 aromatic carbocycles. The molecule has 1 amide bonds. The van der Waals surface area contributed by atoms with Gasteiger partial charge in [0.25, 0.3) is 10.1 Å². The quantitative estimate of drug-likeness (QED) is 0.811. The van der Waals surface area contributed by atoms with Gasteiger partial charge in [-0.05, 0) is 32.8 Å². The molecule has 0 aromatic heterocycles. The van der Waals surface area contributed by atoms with Crippen LogP contribution >= 0.6 is 0 Å². The van der Waals surface area contributed by atoms with E-state index in [1.807, 2.05) is 30.3 Å². The molecule has 0 saturated heterocycles. The van der Waals surface area contributed by atoms with Crippen LogP contribution in [0.4, 0.5) is 4.79 Å². The molecule has 0 saturated carbocycles. The average molecular weight is 329 g/mol. The summed E-state index contributed by atoms with van der Waals surface area (Å²) in [6.45, 7) is 5.30. The number of rotatable bonds is 6. The van der Waals surface area contributed by atoms with Gasteiger partial charge in [-0.3, -0.25) is 4.18 Å². The van der Waals surface area contributed by atoms with E-state index >= 15 is 0 Å². The van der Waals surface area contributed by atoms with Gasteiger partial charge in [-0.15, -0.1) is 0 Å². The lowest BCUT2D eigenvalue weighted by Gasteiger charge is -2.24. The van der Waals surface area contributed by atoms with Gasteiger partial charge < -0.3 is 10.1 Å². The van der Waals surface area contributed by atoms with Gasteiger partial charge in [-0.1, -0.05) is 30.3 Å². The Bertz CT molecular complexity index is 578. The fourth-order valence-electron chi connectivity index (χ4n) is 1.77. The van der Waals surface area contributed by atoms with Crippen LogP contribution in [-0.2, 0) is 19.0 Å². The van der Waals surface area contributed by atoms with E-state index in [-0.39, 0.29) is 6.61 Å². The van der Waals surface area contributed by atoms with Crippen LogP contribution in [0, 0.1) is 0 Å². The van der Waals surface area contributed by atoms with E-state index in [1.54, 1.807) is 20.8 Å². The molecule has 6 nitrogen and oxygen atoms in total.